The van der Waals surface area contributed by atoms with Gasteiger partial charge in [0.2, 0.25) is 0 Å². The molecule has 0 aromatic heterocycles. The van der Waals surface area contributed by atoms with Crippen molar-refractivity contribution in [3.8, 4) is 0 Å². The quantitative estimate of drug-likeness (QED) is 0.800. The van der Waals surface area contributed by atoms with Gasteiger partial charge in [-0.2, -0.15) is 0 Å². The van der Waals surface area contributed by atoms with Crippen LogP contribution in [0.1, 0.15) is 26.2 Å². The Hall–Kier alpha value is -1.26. The van der Waals surface area contributed by atoms with Gasteiger partial charge in [0.15, 0.2) is 0 Å². The number of piperazine rings is 1. The van der Waals surface area contributed by atoms with Gasteiger partial charge in [0, 0.05) is 32.9 Å². The van der Waals surface area contributed by atoms with Crippen LogP contribution >= 0.6 is 0 Å². The number of rotatable bonds is 1. The van der Waals surface area contributed by atoms with Crippen LogP contribution in [0.15, 0.2) is 35.3 Å². The first-order chi connectivity index (χ1) is 10.1. The van der Waals surface area contributed by atoms with Gasteiger partial charge in [-0.3, -0.25) is 0 Å². The number of hydrogen-bond acceptors (Lipinski definition) is 4. The van der Waals surface area contributed by atoms with E-state index >= 15 is 0 Å². The Bertz CT molecular complexity index is 498. The molecule has 3 aliphatic rings. The van der Waals surface area contributed by atoms with E-state index in [4.69, 9.17) is 4.74 Å². The van der Waals surface area contributed by atoms with E-state index in [0.717, 1.165) is 32.4 Å². The predicted octanol–water partition coefficient (Wildman–Crippen LogP) is 2.08. The lowest BCUT2D eigenvalue weighted by atomic mass is 9.80. The fourth-order valence-corrected chi connectivity index (χ4v) is 3.89. The minimum atomic E-state index is 0.0782. The first-order valence-electron chi connectivity index (χ1n) is 7.92. The number of likely N-dealkylation sites (N-methyl/N-ethyl adjacent to an activating group) is 1. The van der Waals surface area contributed by atoms with Crippen molar-refractivity contribution in [3.63, 3.8) is 0 Å². The van der Waals surface area contributed by atoms with Crippen LogP contribution in [0.4, 0.5) is 0 Å². The average Bonchev–Trinajstić information content (AvgIpc) is 2.50. The molecule has 1 spiro atoms. The molecule has 3 rings (SSSR count). The second kappa shape index (κ2) is 5.50. The highest BCUT2D eigenvalue weighted by molar-refractivity contribution is 5.44. The van der Waals surface area contributed by atoms with Crippen molar-refractivity contribution < 1.29 is 4.74 Å². The second-order valence-corrected chi connectivity index (χ2v) is 6.42. The summed E-state index contributed by atoms with van der Waals surface area (Å²) in [6.07, 6.45) is 10.3. The van der Waals surface area contributed by atoms with E-state index in [2.05, 4.69) is 54.4 Å². The smallest absolute Gasteiger partial charge is 0.0810 e. The summed E-state index contributed by atoms with van der Waals surface area (Å²) in [6, 6.07) is 0. The minimum Gasteiger partial charge on any atom is -0.377 e. The van der Waals surface area contributed by atoms with Crippen LogP contribution in [0, 0.1) is 0 Å². The Morgan fingerprint density at radius 1 is 1.33 bits per heavy atom. The van der Waals surface area contributed by atoms with E-state index in [0.29, 0.717) is 0 Å². The third-order valence-electron chi connectivity index (χ3n) is 5.18. The zero-order chi connectivity index (χ0) is 15.0. The Balaban J connectivity index is 1.95. The summed E-state index contributed by atoms with van der Waals surface area (Å²) < 4.78 is 5.52. The van der Waals surface area contributed by atoms with Crippen LogP contribution in [-0.2, 0) is 4.74 Å². The summed E-state index contributed by atoms with van der Waals surface area (Å²) in [6.45, 7) is 4.43. The fourth-order valence-electron chi connectivity index (χ4n) is 3.89. The number of piperidine rings is 1. The van der Waals surface area contributed by atoms with Gasteiger partial charge in [-0.15, -0.1) is 0 Å². The van der Waals surface area contributed by atoms with Crippen molar-refractivity contribution in [2.24, 2.45) is 0 Å². The molecule has 4 heteroatoms. The second-order valence-electron chi connectivity index (χ2n) is 6.42. The zero-order valence-electron chi connectivity index (χ0n) is 13.6. The largest absolute Gasteiger partial charge is 0.377 e. The van der Waals surface area contributed by atoms with Gasteiger partial charge in [0.25, 0.3) is 0 Å². The number of nitrogens with zero attached hydrogens (tertiary/aromatic N) is 2. The number of likely N-dealkylation sites (tertiary alicyclic amines) is 1. The number of allylic oxidation sites excluding steroid dienone is 1. The molecule has 2 fully saturated rings. The van der Waals surface area contributed by atoms with Gasteiger partial charge < -0.3 is 19.9 Å². The molecule has 2 aliphatic heterocycles. The van der Waals surface area contributed by atoms with Crippen LogP contribution in [0.25, 0.3) is 0 Å². The molecule has 0 bridgehead atoms. The molecule has 1 atom stereocenters. The summed E-state index contributed by atoms with van der Waals surface area (Å²) in [5.41, 5.74) is 4.02. The molecule has 0 amide bonds. The number of fused-ring (bicyclic) bond motifs is 1. The third-order valence-corrected chi connectivity index (χ3v) is 5.18. The van der Waals surface area contributed by atoms with Gasteiger partial charge in [-0.05, 0) is 39.3 Å². The normalized spacial score (nSPS) is 30.8. The molecule has 1 aliphatic carbocycles. The van der Waals surface area contributed by atoms with Gasteiger partial charge in [0.05, 0.1) is 23.0 Å². The molecule has 4 nitrogen and oxygen atoms in total. The molecule has 0 aromatic rings. The number of ether oxygens (including phenoxy) is 1. The van der Waals surface area contributed by atoms with Crippen LogP contribution in [0.3, 0.4) is 0 Å². The number of methoxy groups -OCH3 is 1. The van der Waals surface area contributed by atoms with Crippen LogP contribution in [0.2, 0.25) is 0 Å². The van der Waals surface area contributed by atoms with E-state index in [9.17, 15) is 0 Å². The van der Waals surface area contributed by atoms with Crippen molar-refractivity contribution in [3.05, 3.63) is 35.3 Å². The summed E-state index contributed by atoms with van der Waals surface area (Å²) >= 11 is 0. The highest BCUT2D eigenvalue weighted by Gasteiger charge is 2.44. The molecule has 2 saturated heterocycles. The maximum atomic E-state index is 5.52. The molecule has 0 radical (unpaired) electrons. The van der Waals surface area contributed by atoms with E-state index in [1.807, 2.05) is 0 Å². The molecular formula is C17H27N3O. The van der Waals surface area contributed by atoms with E-state index in [-0.39, 0.29) is 11.6 Å². The third kappa shape index (κ3) is 2.40. The summed E-state index contributed by atoms with van der Waals surface area (Å²) in [5, 5.41) is 3.86. The lowest BCUT2D eigenvalue weighted by Gasteiger charge is -2.52. The van der Waals surface area contributed by atoms with E-state index < -0.39 is 0 Å². The summed E-state index contributed by atoms with van der Waals surface area (Å²) in [5.74, 6) is 0. The molecule has 2 heterocycles. The Morgan fingerprint density at radius 2 is 2.05 bits per heavy atom. The number of hydrogen-bond donors (Lipinski definition) is 1. The molecule has 1 unspecified atom stereocenters. The zero-order valence-corrected chi connectivity index (χ0v) is 13.6. The van der Waals surface area contributed by atoms with Crippen LogP contribution < -0.4 is 5.32 Å². The Kier molecular flexibility index (Phi) is 3.84. The van der Waals surface area contributed by atoms with Crippen molar-refractivity contribution in [1.29, 1.82) is 0 Å². The van der Waals surface area contributed by atoms with Crippen molar-refractivity contribution in [1.82, 2.24) is 15.1 Å². The van der Waals surface area contributed by atoms with Gasteiger partial charge in [-0.1, -0.05) is 12.2 Å². The van der Waals surface area contributed by atoms with E-state index in [1.165, 1.54) is 17.1 Å². The molecule has 0 aromatic carbocycles. The standard InChI is InChI=1S/C17H27N3O/c1-5-16-17(8-10-19(2)11-9-17)18-14-12-13(21-4)6-7-15(14)20(16)3/h5,7,12-13,18H,6,8-11H2,1-4H3/b16-5-. The fraction of sp³-hybridized carbons (Fsp3) is 0.647. The highest BCUT2D eigenvalue weighted by Crippen LogP contribution is 2.40. The highest BCUT2D eigenvalue weighted by atomic mass is 16.5. The van der Waals surface area contributed by atoms with Crippen molar-refractivity contribution >= 4 is 0 Å². The Morgan fingerprint density at radius 3 is 2.67 bits per heavy atom. The van der Waals surface area contributed by atoms with Crippen molar-refractivity contribution in [2.75, 3.05) is 34.3 Å². The molecule has 0 saturated carbocycles. The summed E-state index contributed by atoms with van der Waals surface area (Å²) in [4.78, 5) is 4.79. The topological polar surface area (TPSA) is 27.7 Å². The van der Waals surface area contributed by atoms with E-state index in [1.54, 1.807) is 7.11 Å². The average molecular weight is 289 g/mol. The van der Waals surface area contributed by atoms with Gasteiger partial charge in [-0.25, -0.2) is 0 Å². The molecule has 1 N–H and O–H groups in total. The maximum absolute atomic E-state index is 5.52. The van der Waals surface area contributed by atoms with Crippen LogP contribution in [-0.4, -0.2) is 55.7 Å². The number of nitrogens with one attached hydrogen (secondary N) is 1. The minimum absolute atomic E-state index is 0.0782. The lowest BCUT2D eigenvalue weighted by Crippen LogP contribution is -2.60. The van der Waals surface area contributed by atoms with Crippen LogP contribution in [0.5, 0.6) is 0 Å². The molecule has 116 valence electrons. The molecule has 21 heavy (non-hydrogen) atoms. The summed E-state index contributed by atoms with van der Waals surface area (Å²) in [7, 11) is 6.19. The first-order valence-corrected chi connectivity index (χ1v) is 7.92. The molecular weight excluding hydrogens is 262 g/mol. The SMILES string of the molecule is C/C=C1\N(C)C2=CCC(OC)C=C2NC12CCN(C)CC2. The Labute approximate surface area is 128 Å². The van der Waals surface area contributed by atoms with Gasteiger partial charge >= 0.3 is 0 Å². The maximum Gasteiger partial charge on any atom is 0.0810 e. The van der Waals surface area contributed by atoms with Crippen molar-refractivity contribution in [2.45, 2.75) is 37.8 Å². The predicted molar refractivity (Wildman–Crippen MR) is 85.7 cm³/mol. The lowest BCUT2D eigenvalue weighted by molar-refractivity contribution is 0.131. The monoisotopic (exact) mass is 289 g/mol. The first kappa shape index (κ1) is 14.7. The van der Waals surface area contributed by atoms with Gasteiger partial charge in [0.1, 0.15) is 0 Å².